The largest absolute Gasteiger partial charge is 0.550 e. The van der Waals surface area contributed by atoms with Gasteiger partial charge in [-0.2, -0.15) is 0 Å². The number of benzene rings is 2. The first-order valence-electron chi connectivity index (χ1n) is 10.9. The zero-order valence-corrected chi connectivity index (χ0v) is 18.6. The molecule has 0 radical (unpaired) electrons. The highest BCUT2D eigenvalue weighted by molar-refractivity contribution is 5.66. The summed E-state index contributed by atoms with van der Waals surface area (Å²) in [5, 5.41) is 17.9. The molecule has 1 aliphatic carbocycles. The van der Waals surface area contributed by atoms with Crippen LogP contribution in [0, 0.1) is 11.8 Å². The van der Waals surface area contributed by atoms with Crippen LogP contribution in [-0.2, 0) is 21.5 Å². The first-order valence-corrected chi connectivity index (χ1v) is 10.9. The first-order chi connectivity index (χ1) is 15.3. The van der Waals surface area contributed by atoms with Crippen molar-refractivity contribution < 1.29 is 29.4 Å². The number of carbonyl (C=O) groups excluding carboxylic acids is 1. The van der Waals surface area contributed by atoms with E-state index in [1.807, 2.05) is 31.2 Å². The fourth-order valence-electron chi connectivity index (χ4n) is 4.21. The molecule has 4 rings (SSSR count). The van der Waals surface area contributed by atoms with Crippen molar-refractivity contribution in [3.8, 4) is 17.6 Å². The highest BCUT2D eigenvalue weighted by Crippen LogP contribution is 2.49. The molecule has 168 valence electrons. The number of carboxylic acids is 2. The van der Waals surface area contributed by atoms with Crippen LogP contribution >= 0.6 is 0 Å². The average molecular weight is 436 g/mol. The monoisotopic (exact) mass is 435 g/mol. The summed E-state index contributed by atoms with van der Waals surface area (Å²) in [7, 11) is 0. The van der Waals surface area contributed by atoms with Gasteiger partial charge in [0, 0.05) is 28.1 Å². The van der Waals surface area contributed by atoms with E-state index < -0.39 is 11.9 Å². The van der Waals surface area contributed by atoms with Crippen LogP contribution in [-0.4, -0.2) is 36.7 Å². The molecule has 2 aromatic carbocycles. The highest BCUT2D eigenvalue weighted by atomic mass is 16.5. The Balaban J connectivity index is 0.000000668. The average Bonchev–Trinajstić information content (AvgIpc) is 3.51. The van der Waals surface area contributed by atoms with Crippen LogP contribution in [0.5, 0.6) is 5.75 Å². The van der Waals surface area contributed by atoms with E-state index in [0.717, 1.165) is 36.9 Å². The first kappa shape index (κ1) is 23.4. The molecular formula is C26H29NO5. The lowest BCUT2D eigenvalue weighted by atomic mass is 9.85. The second-order valence-electron chi connectivity index (χ2n) is 8.35. The molecule has 2 N–H and O–H groups in total. The summed E-state index contributed by atoms with van der Waals surface area (Å²) < 4.78 is 5.47. The Morgan fingerprint density at radius 1 is 1.12 bits per heavy atom. The molecule has 6 heteroatoms. The summed E-state index contributed by atoms with van der Waals surface area (Å²) in [6.07, 6.45) is 2.64. The van der Waals surface area contributed by atoms with Gasteiger partial charge in [0.05, 0.1) is 26.1 Å². The number of nitrogens with one attached hydrogen (secondary N) is 1. The number of quaternary nitrogens is 1. The molecule has 2 aromatic rings. The number of rotatable bonds is 5. The van der Waals surface area contributed by atoms with Crippen molar-refractivity contribution in [1.82, 2.24) is 0 Å². The van der Waals surface area contributed by atoms with Crippen LogP contribution in [0.3, 0.4) is 0 Å². The molecule has 1 atom stereocenters. The van der Waals surface area contributed by atoms with Gasteiger partial charge in [-0.05, 0) is 68.7 Å². The van der Waals surface area contributed by atoms with Gasteiger partial charge in [0.1, 0.15) is 12.3 Å². The van der Waals surface area contributed by atoms with Crippen molar-refractivity contribution in [3.63, 3.8) is 0 Å². The molecule has 6 nitrogen and oxygen atoms in total. The third-order valence-electron chi connectivity index (χ3n) is 5.77. The predicted molar refractivity (Wildman–Crippen MR) is 118 cm³/mol. The maximum Gasteiger partial charge on any atom is 0.309 e. The van der Waals surface area contributed by atoms with Gasteiger partial charge in [-0.25, -0.2) is 0 Å². The lowest BCUT2D eigenvalue weighted by molar-refractivity contribution is -0.918. The van der Waals surface area contributed by atoms with Crippen LogP contribution in [0.2, 0.25) is 0 Å². The molecule has 1 unspecified atom stereocenters. The Morgan fingerprint density at radius 3 is 2.34 bits per heavy atom. The van der Waals surface area contributed by atoms with Crippen molar-refractivity contribution in [2.45, 2.75) is 45.1 Å². The van der Waals surface area contributed by atoms with Crippen LogP contribution in [0.25, 0.3) is 0 Å². The minimum Gasteiger partial charge on any atom is -0.550 e. The number of hydrogen-bond acceptors (Lipinski definition) is 4. The summed E-state index contributed by atoms with van der Waals surface area (Å²) >= 11 is 0. The van der Waals surface area contributed by atoms with E-state index >= 15 is 0 Å². The predicted octanol–water partition coefficient (Wildman–Crippen LogP) is 1.15. The lowest BCUT2D eigenvalue weighted by Crippen LogP contribution is -3.12. The zero-order chi connectivity index (χ0) is 23.1. The van der Waals surface area contributed by atoms with E-state index in [1.54, 1.807) is 0 Å². The third-order valence-corrected chi connectivity index (χ3v) is 5.77. The highest BCUT2D eigenvalue weighted by Gasteiger charge is 2.51. The van der Waals surface area contributed by atoms with Gasteiger partial charge in [0.2, 0.25) is 0 Å². The summed E-state index contributed by atoms with van der Waals surface area (Å²) in [5.74, 6) is 5.63. The second-order valence-corrected chi connectivity index (χ2v) is 8.35. The van der Waals surface area contributed by atoms with E-state index in [0.29, 0.717) is 13.2 Å². The molecule has 0 saturated heterocycles. The fourth-order valence-corrected chi connectivity index (χ4v) is 4.21. The maximum absolute atomic E-state index is 10.9. The molecule has 1 saturated carbocycles. The summed E-state index contributed by atoms with van der Waals surface area (Å²) in [5.41, 5.74) is 5.07. The topological polar surface area (TPSA) is 91.1 Å². The third kappa shape index (κ3) is 6.35. The Hall–Kier alpha value is -3.30. The van der Waals surface area contributed by atoms with Gasteiger partial charge < -0.3 is 24.6 Å². The van der Waals surface area contributed by atoms with Gasteiger partial charge in [-0.15, -0.1) is 0 Å². The Morgan fingerprint density at radius 2 is 1.75 bits per heavy atom. The molecule has 1 fully saturated rings. The van der Waals surface area contributed by atoms with Crippen molar-refractivity contribution in [3.05, 3.63) is 64.7 Å². The molecule has 1 spiro atoms. The normalized spacial score (nSPS) is 17.1. The molecule has 32 heavy (non-hydrogen) atoms. The number of aliphatic carboxylic acids is 2. The molecule has 0 bridgehead atoms. The molecule has 2 aliphatic rings. The Kier molecular flexibility index (Phi) is 7.55. The number of carboxylic acid groups (broad SMARTS) is 2. The molecule has 1 aliphatic heterocycles. The Labute approximate surface area is 188 Å². The molecule has 0 aromatic heterocycles. The van der Waals surface area contributed by atoms with E-state index in [9.17, 15) is 4.79 Å². The fraction of sp³-hybridized carbons (Fsp3) is 0.385. The van der Waals surface area contributed by atoms with Crippen molar-refractivity contribution in [2.24, 2.45) is 0 Å². The zero-order valence-electron chi connectivity index (χ0n) is 18.6. The number of hydrogen-bond donors (Lipinski definition) is 2. The molecule has 0 amide bonds. The minimum atomic E-state index is -1.08. The quantitative estimate of drug-likeness (QED) is 0.688. The Bertz CT molecular complexity index is 1020. The molecule has 1 heterocycles. The number of fused-ring (bicyclic) bond motifs is 2. The molecular weight excluding hydrogens is 406 g/mol. The standard InChI is InChI=1S/C24H25NO3.C2H4O2/c1-2-28-21-9-6-18(7-10-21)3-4-19-5-8-20-16-25(14-11-23(26)27)17-24(12-13-24)22(20)15-19;1-2(3)4/h5-10,15H,2,11-14,16-17H2,1H3,(H,26,27);1H3,(H,3,4). The van der Waals surface area contributed by atoms with Crippen LogP contribution in [0.4, 0.5) is 0 Å². The second kappa shape index (κ2) is 10.3. The summed E-state index contributed by atoms with van der Waals surface area (Å²) in [6.45, 7) is 6.27. The van der Waals surface area contributed by atoms with Crippen molar-refractivity contribution >= 4 is 11.9 Å². The van der Waals surface area contributed by atoms with Crippen molar-refractivity contribution in [1.29, 1.82) is 0 Å². The van der Waals surface area contributed by atoms with Gasteiger partial charge in [-0.1, -0.05) is 17.9 Å². The van der Waals surface area contributed by atoms with E-state index in [2.05, 4.69) is 30.0 Å². The SMILES string of the molecule is CC(=O)[O-].CCOc1ccc(C#Cc2ccc3c(c2)C2(CC2)C[NH+](CCC(=O)O)C3)cc1. The van der Waals surface area contributed by atoms with Crippen LogP contribution < -0.4 is 14.7 Å². The van der Waals surface area contributed by atoms with E-state index in [1.165, 1.54) is 28.9 Å². The van der Waals surface area contributed by atoms with Gasteiger partial charge in [0.15, 0.2) is 0 Å². The van der Waals surface area contributed by atoms with Crippen LogP contribution in [0.15, 0.2) is 42.5 Å². The summed E-state index contributed by atoms with van der Waals surface area (Å²) in [6, 6.07) is 14.4. The number of ether oxygens (including phenoxy) is 1. The maximum atomic E-state index is 10.9. The smallest absolute Gasteiger partial charge is 0.309 e. The summed E-state index contributed by atoms with van der Waals surface area (Å²) in [4.78, 5) is 21.2. The van der Waals surface area contributed by atoms with Gasteiger partial charge in [-0.3, -0.25) is 4.79 Å². The van der Waals surface area contributed by atoms with Gasteiger partial charge >= 0.3 is 5.97 Å². The minimum absolute atomic E-state index is 0.242. The van der Waals surface area contributed by atoms with Crippen molar-refractivity contribution in [2.75, 3.05) is 19.7 Å². The number of carbonyl (C=O) groups is 2. The van der Waals surface area contributed by atoms with Gasteiger partial charge in [0.25, 0.3) is 0 Å². The van der Waals surface area contributed by atoms with Crippen LogP contribution in [0.1, 0.15) is 55.4 Å². The lowest BCUT2D eigenvalue weighted by Gasteiger charge is -2.32. The van der Waals surface area contributed by atoms with E-state index in [-0.39, 0.29) is 11.8 Å². The van der Waals surface area contributed by atoms with E-state index in [4.69, 9.17) is 19.7 Å².